The molecule has 0 fully saturated rings. The maximum Gasteiger partial charge on any atom is 0.275 e. The summed E-state index contributed by atoms with van der Waals surface area (Å²) >= 11 is 1.35. The number of fused-ring (bicyclic) bond motifs is 5. The van der Waals surface area contributed by atoms with Crippen molar-refractivity contribution in [1.82, 2.24) is 14.5 Å². The molecule has 5 rings (SSSR count). The van der Waals surface area contributed by atoms with Crippen molar-refractivity contribution in [3.05, 3.63) is 47.1 Å². The second-order valence-corrected chi connectivity index (χ2v) is 7.38. The Morgan fingerprint density at radius 2 is 2.11 bits per heavy atom. The van der Waals surface area contributed by atoms with Crippen LogP contribution in [0.15, 0.2) is 41.6 Å². The fourth-order valence-corrected chi connectivity index (χ4v) is 4.31. The zero-order valence-corrected chi connectivity index (χ0v) is 15.5. The van der Waals surface area contributed by atoms with Gasteiger partial charge in [-0.25, -0.2) is 9.97 Å². The average Bonchev–Trinajstić information content (AvgIpc) is 3.08. The fraction of sp³-hybridized carbons (Fsp3) is 0.211. The van der Waals surface area contributed by atoms with E-state index in [0.29, 0.717) is 22.5 Å². The van der Waals surface area contributed by atoms with Crippen LogP contribution in [0.5, 0.6) is 11.5 Å². The van der Waals surface area contributed by atoms with Gasteiger partial charge in [0.25, 0.3) is 5.56 Å². The van der Waals surface area contributed by atoms with Gasteiger partial charge in [-0.3, -0.25) is 9.36 Å². The molecule has 136 valence electrons. The van der Waals surface area contributed by atoms with E-state index in [4.69, 9.17) is 9.47 Å². The van der Waals surface area contributed by atoms with Crippen molar-refractivity contribution in [2.24, 2.45) is 0 Å². The highest BCUT2D eigenvalue weighted by Gasteiger charge is 2.23. The van der Waals surface area contributed by atoms with Gasteiger partial charge in [0.2, 0.25) is 0 Å². The van der Waals surface area contributed by atoms with Gasteiger partial charge in [-0.15, -0.1) is 11.3 Å². The lowest BCUT2D eigenvalue weighted by atomic mass is 10.2. The van der Waals surface area contributed by atoms with Crippen LogP contribution in [-0.2, 0) is 0 Å². The smallest absolute Gasteiger partial charge is 0.275 e. The van der Waals surface area contributed by atoms with Crippen molar-refractivity contribution < 1.29 is 9.47 Å². The SMILES string of the molecule is COc1ccc(-n2cnc3c(sc4ncc5c(c43)NC[C@@H](C)O5)c2=O)cc1. The molecule has 4 heterocycles. The Kier molecular flexibility index (Phi) is 3.54. The molecule has 0 unspecified atom stereocenters. The molecule has 7 nitrogen and oxygen atoms in total. The van der Waals surface area contributed by atoms with E-state index in [2.05, 4.69) is 15.3 Å². The van der Waals surface area contributed by atoms with E-state index >= 15 is 0 Å². The molecular formula is C19H16N4O3S. The summed E-state index contributed by atoms with van der Waals surface area (Å²) in [5, 5.41) is 4.24. The number of thiophene rings is 1. The van der Waals surface area contributed by atoms with Gasteiger partial charge in [-0.2, -0.15) is 0 Å². The van der Waals surface area contributed by atoms with Crippen LogP contribution in [0.3, 0.4) is 0 Å². The van der Waals surface area contributed by atoms with Crippen molar-refractivity contribution in [2.45, 2.75) is 13.0 Å². The quantitative estimate of drug-likeness (QED) is 0.575. The second-order valence-electron chi connectivity index (χ2n) is 6.38. The highest BCUT2D eigenvalue weighted by Crippen LogP contribution is 2.41. The van der Waals surface area contributed by atoms with Crippen molar-refractivity contribution in [1.29, 1.82) is 0 Å². The number of nitrogens with one attached hydrogen (secondary N) is 1. The summed E-state index contributed by atoms with van der Waals surface area (Å²) in [5.74, 6) is 1.43. The molecule has 1 N–H and O–H groups in total. The fourth-order valence-electron chi connectivity index (χ4n) is 3.27. The van der Waals surface area contributed by atoms with Crippen molar-refractivity contribution in [3.63, 3.8) is 0 Å². The lowest BCUT2D eigenvalue weighted by Gasteiger charge is -2.24. The lowest BCUT2D eigenvalue weighted by Crippen LogP contribution is -2.27. The molecule has 8 heteroatoms. The van der Waals surface area contributed by atoms with Crippen LogP contribution in [0, 0.1) is 0 Å². The summed E-state index contributed by atoms with van der Waals surface area (Å²) in [6.45, 7) is 2.70. The van der Waals surface area contributed by atoms with E-state index in [-0.39, 0.29) is 11.7 Å². The van der Waals surface area contributed by atoms with Crippen LogP contribution in [0.1, 0.15) is 6.92 Å². The van der Waals surface area contributed by atoms with E-state index in [1.54, 1.807) is 19.6 Å². The first-order valence-corrected chi connectivity index (χ1v) is 9.35. The number of hydrogen-bond donors (Lipinski definition) is 1. The second kappa shape index (κ2) is 5.95. The number of nitrogens with zero attached hydrogens (tertiary/aromatic N) is 3. The molecule has 0 spiro atoms. The van der Waals surface area contributed by atoms with Crippen LogP contribution < -0.4 is 20.3 Å². The summed E-state index contributed by atoms with van der Waals surface area (Å²) in [7, 11) is 1.61. The Hall–Kier alpha value is -3.13. The monoisotopic (exact) mass is 380 g/mol. The third-order valence-electron chi connectivity index (χ3n) is 4.62. The van der Waals surface area contributed by atoms with Crippen LogP contribution in [0.4, 0.5) is 5.69 Å². The molecule has 0 radical (unpaired) electrons. The van der Waals surface area contributed by atoms with Crippen LogP contribution in [-0.4, -0.2) is 34.3 Å². The third kappa shape index (κ3) is 2.44. The molecule has 1 atom stereocenters. The molecule has 27 heavy (non-hydrogen) atoms. The van der Waals surface area contributed by atoms with Gasteiger partial charge in [0, 0.05) is 0 Å². The molecule has 1 aliphatic rings. The predicted octanol–water partition coefficient (Wildman–Crippen LogP) is 3.20. The maximum absolute atomic E-state index is 13.1. The molecule has 0 saturated heterocycles. The van der Waals surface area contributed by atoms with Gasteiger partial charge in [-0.05, 0) is 31.2 Å². The number of pyridine rings is 1. The maximum atomic E-state index is 13.1. The minimum atomic E-state index is -0.119. The van der Waals surface area contributed by atoms with E-state index in [1.807, 2.05) is 31.2 Å². The first kappa shape index (κ1) is 16.1. The number of benzene rings is 1. The highest BCUT2D eigenvalue weighted by atomic mass is 32.1. The normalized spacial score (nSPS) is 16.0. The molecule has 4 aromatic rings. The Morgan fingerprint density at radius 3 is 2.89 bits per heavy atom. The summed E-state index contributed by atoms with van der Waals surface area (Å²) in [6.07, 6.45) is 3.34. The molecule has 0 amide bonds. The summed E-state index contributed by atoms with van der Waals surface area (Å²) in [4.78, 5) is 22.9. The average molecular weight is 380 g/mol. The van der Waals surface area contributed by atoms with E-state index < -0.39 is 0 Å². The number of aromatic nitrogens is 3. The lowest BCUT2D eigenvalue weighted by molar-refractivity contribution is 0.226. The van der Waals surface area contributed by atoms with Gasteiger partial charge in [0.05, 0.1) is 36.6 Å². The van der Waals surface area contributed by atoms with E-state index in [1.165, 1.54) is 15.9 Å². The van der Waals surface area contributed by atoms with Gasteiger partial charge in [0.1, 0.15) is 33.2 Å². The number of hydrogen-bond acceptors (Lipinski definition) is 7. The first-order valence-electron chi connectivity index (χ1n) is 8.53. The molecule has 0 aliphatic carbocycles. The zero-order chi connectivity index (χ0) is 18.5. The Morgan fingerprint density at radius 1 is 1.30 bits per heavy atom. The standard InChI is InChI=1S/C19H16N4O3S/c1-10-7-20-15-13(26-10)8-21-18-14(15)16-17(27-18)19(24)23(9-22-16)11-3-5-12(25-2)6-4-11/h3-6,8-10,20H,7H2,1-2H3/t10-/m1/s1. The Bertz CT molecular complexity index is 1230. The van der Waals surface area contributed by atoms with Crippen LogP contribution in [0.2, 0.25) is 0 Å². The van der Waals surface area contributed by atoms with Gasteiger partial charge < -0.3 is 14.8 Å². The molecule has 1 aliphatic heterocycles. The van der Waals surface area contributed by atoms with E-state index in [0.717, 1.165) is 27.3 Å². The molecule has 3 aromatic heterocycles. The van der Waals surface area contributed by atoms with Crippen LogP contribution >= 0.6 is 11.3 Å². The largest absolute Gasteiger partial charge is 0.497 e. The van der Waals surface area contributed by atoms with Crippen LogP contribution in [0.25, 0.3) is 26.1 Å². The van der Waals surface area contributed by atoms with E-state index in [9.17, 15) is 4.79 Å². The molecule has 0 bridgehead atoms. The van der Waals surface area contributed by atoms with Crippen molar-refractivity contribution >= 4 is 37.5 Å². The number of anilines is 1. The minimum absolute atomic E-state index is 0.0712. The Labute approximate surface area is 158 Å². The number of ether oxygens (including phenoxy) is 2. The number of rotatable bonds is 2. The molecule has 0 saturated carbocycles. The molecule has 1 aromatic carbocycles. The minimum Gasteiger partial charge on any atom is -0.497 e. The third-order valence-corrected chi connectivity index (χ3v) is 5.70. The number of methoxy groups -OCH3 is 1. The zero-order valence-electron chi connectivity index (χ0n) is 14.7. The molecular weight excluding hydrogens is 364 g/mol. The van der Waals surface area contributed by atoms with Gasteiger partial charge in [0.15, 0.2) is 5.75 Å². The predicted molar refractivity (Wildman–Crippen MR) is 106 cm³/mol. The Balaban J connectivity index is 1.73. The van der Waals surface area contributed by atoms with Crippen molar-refractivity contribution in [3.8, 4) is 17.2 Å². The van der Waals surface area contributed by atoms with Gasteiger partial charge in [-0.1, -0.05) is 0 Å². The summed E-state index contributed by atoms with van der Waals surface area (Å²) in [6, 6.07) is 7.30. The van der Waals surface area contributed by atoms with Gasteiger partial charge >= 0.3 is 0 Å². The highest BCUT2D eigenvalue weighted by molar-refractivity contribution is 7.25. The summed E-state index contributed by atoms with van der Waals surface area (Å²) in [5.41, 5.74) is 2.13. The van der Waals surface area contributed by atoms with Crippen molar-refractivity contribution in [2.75, 3.05) is 19.0 Å². The topological polar surface area (TPSA) is 78.3 Å². The first-order chi connectivity index (χ1) is 13.2. The summed E-state index contributed by atoms with van der Waals surface area (Å²) < 4.78 is 13.1.